The molecule has 0 amide bonds. The Morgan fingerprint density at radius 2 is 2.25 bits per heavy atom. The van der Waals surface area contributed by atoms with E-state index in [2.05, 4.69) is 30.9 Å². The number of fused-ring (bicyclic) bond motifs is 1. The van der Waals surface area contributed by atoms with E-state index >= 15 is 0 Å². The smallest absolute Gasteiger partial charge is 0.246 e. The highest BCUT2D eigenvalue weighted by atomic mass is 79.9. The Hall–Kier alpha value is -0.590. The van der Waals surface area contributed by atoms with Crippen molar-refractivity contribution in [1.29, 1.82) is 0 Å². The Balaban J connectivity index is 1.84. The molecule has 0 saturated carbocycles. The van der Waals surface area contributed by atoms with Gasteiger partial charge in [0.25, 0.3) is 0 Å². The maximum Gasteiger partial charge on any atom is 0.246 e. The average molecular weight is 346 g/mol. The van der Waals surface area contributed by atoms with Gasteiger partial charge in [0.1, 0.15) is 0 Å². The first-order chi connectivity index (χ1) is 9.55. The van der Waals surface area contributed by atoms with Crippen molar-refractivity contribution in [3.8, 4) is 0 Å². The van der Waals surface area contributed by atoms with Gasteiger partial charge < -0.3 is 0 Å². The van der Waals surface area contributed by atoms with Crippen LogP contribution in [0, 0.1) is 5.41 Å². The minimum atomic E-state index is -2.26. The van der Waals surface area contributed by atoms with Crippen molar-refractivity contribution >= 4 is 15.9 Å². The van der Waals surface area contributed by atoms with E-state index in [-0.39, 0.29) is 6.04 Å². The maximum absolute atomic E-state index is 13.4. The summed E-state index contributed by atoms with van der Waals surface area (Å²) in [5.74, 6) is 0. The van der Waals surface area contributed by atoms with Crippen LogP contribution < -0.4 is 0 Å². The van der Waals surface area contributed by atoms with Crippen LogP contribution >= 0.6 is 15.9 Å². The summed E-state index contributed by atoms with van der Waals surface area (Å²) in [4.78, 5) is 4.19. The summed E-state index contributed by atoms with van der Waals surface area (Å²) < 4.78 is 27.8. The molecule has 2 saturated heterocycles. The molecule has 3 rings (SSSR count). The van der Waals surface area contributed by atoms with Crippen LogP contribution in [-0.2, 0) is 0 Å². The predicted molar refractivity (Wildman–Crippen MR) is 76.3 cm³/mol. The second-order valence-electron chi connectivity index (χ2n) is 5.74. The highest BCUT2D eigenvalue weighted by Crippen LogP contribution is 2.45. The van der Waals surface area contributed by atoms with E-state index in [0.29, 0.717) is 19.5 Å². The molecule has 2 fully saturated rings. The van der Waals surface area contributed by atoms with Crippen LogP contribution in [0.5, 0.6) is 0 Å². The van der Waals surface area contributed by atoms with E-state index in [1.165, 1.54) is 0 Å². The molecule has 2 aliphatic heterocycles. The highest BCUT2D eigenvalue weighted by Gasteiger charge is 2.52. The van der Waals surface area contributed by atoms with E-state index in [1.807, 2.05) is 19.2 Å². The number of aromatic nitrogens is 1. The van der Waals surface area contributed by atoms with Crippen LogP contribution in [0.1, 0.15) is 31.4 Å². The maximum atomic E-state index is 13.4. The lowest BCUT2D eigenvalue weighted by molar-refractivity contribution is 0.00264. The summed E-state index contributed by atoms with van der Waals surface area (Å²) >= 11 is 3.43. The number of nitrogens with zero attached hydrogens (tertiary/aromatic N) is 3. The first-order valence-electron chi connectivity index (χ1n) is 6.96. The highest BCUT2D eigenvalue weighted by molar-refractivity contribution is 9.10. The van der Waals surface area contributed by atoms with Crippen LogP contribution in [0.15, 0.2) is 22.9 Å². The van der Waals surface area contributed by atoms with Gasteiger partial charge in [0, 0.05) is 36.5 Å². The summed E-state index contributed by atoms with van der Waals surface area (Å²) in [5.41, 5.74) is 0.223. The SMILES string of the molecule is CCC1(C(F)F)CN2CCC(c3cncc(Br)c3)N2C1. The lowest BCUT2D eigenvalue weighted by Gasteiger charge is -2.28. The van der Waals surface area contributed by atoms with Crippen molar-refractivity contribution in [2.24, 2.45) is 5.41 Å². The zero-order valence-electron chi connectivity index (χ0n) is 11.4. The fourth-order valence-corrected chi connectivity index (χ4v) is 3.71. The van der Waals surface area contributed by atoms with Crippen molar-refractivity contribution in [2.45, 2.75) is 32.2 Å². The minimum Gasteiger partial charge on any atom is -0.263 e. The largest absolute Gasteiger partial charge is 0.263 e. The van der Waals surface area contributed by atoms with Gasteiger partial charge in [0.2, 0.25) is 6.43 Å². The Labute approximate surface area is 126 Å². The van der Waals surface area contributed by atoms with Gasteiger partial charge in [-0.05, 0) is 40.4 Å². The summed E-state index contributed by atoms with van der Waals surface area (Å²) in [6.07, 6.45) is 2.81. The second kappa shape index (κ2) is 5.31. The summed E-state index contributed by atoms with van der Waals surface area (Å²) in [6.45, 7) is 3.63. The zero-order chi connectivity index (χ0) is 14.3. The van der Waals surface area contributed by atoms with Gasteiger partial charge in [0.05, 0.1) is 11.5 Å². The molecule has 3 nitrogen and oxygen atoms in total. The summed E-state index contributed by atoms with van der Waals surface area (Å²) in [5, 5.41) is 4.22. The average Bonchev–Trinajstić information content (AvgIpc) is 2.95. The molecule has 6 heteroatoms. The molecule has 2 aliphatic rings. The minimum absolute atomic E-state index is 0.173. The van der Waals surface area contributed by atoms with Crippen LogP contribution in [0.4, 0.5) is 8.78 Å². The molecule has 3 heterocycles. The molecule has 2 unspecified atom stereocenters. The quantitative estimate of drug-likeness (QED) is 0.835. The van der Waals surface area contributed by atoms with Crippen LogP contribution in [0.3, 0.4) is 0 Å². The third-order valence-corrected chi connectivity index (χ3v) is 5.07. The fraction of sp³-hybridized carbons (Fsp3) is 0.643. The molecule has 20 heavy (non-hydrogen) atoms. The molecular weight excluding hydrogens is 328 g/mol. The summed E-state index contributed by atoms with van der Waals surface area (Å²) in [6, 6.07) is 2.21. The molecule has 0 radical (unpaired) electrons. The third-order valence-electron chi connectivity index (χ3n) is 4.64. The van der Waals surface area contributed by atoms with Gasteiger partial charge in [-0.3, -0.25) is 4.98 Å². The van der Waals surface area contributed by atoms with Gasteiger partial charge >= 0.3 is 0 Å². The molecule has 2 atom stereocenters. The van der Waals surface area contributed by atoms with Crippen LogP contribution in [0.2, 0.25) is 0 Å². The standard InChI is InChI=1S/C14H18BrF2N3/c1-2-14(13(16)17)8-19-4-3-12(20(19)9-14)10-5-11(15)7-18-6-10/h5-7,12-13H,2-4,8-9H2,1H3. The van der Waals surface area contributed by atoms with Crippen molar-refractivity contribution < 1.29 is 8.78 Å². The Morgan fingerprint density at radius 1 is 1.45 bits per heavy atom. The number of hydrogen-bond acceptors (Lipinski definition) is 3. The van der Waals surface area contributed by atoms with Gasteiger partial charge in [-0.15, -0.1) is 0 Å². The first kappa shape index (κ1) is 14.4. The molecule has 0 bridgehead atoms. The molecular formula is C14H18BrF2N3. The zero-order valence-corrected chi connectivity index (χ0v) is 13.0. The van der Waals surface area contributed by atoms with Gasteiger partial charge in [-0.2, -0.15) is 0 Å². The van der Waals surface area contributed by atoms with Crippen LogP contribution in [0.25, 0.3) is 0 Å². The molecule has 0 aliphatic carbocycles. The molecule has 110 valence electrons. The number of halogens is 3. The van der Waals surface area contributed by atoms with Gasteiger partial charge in [0.15, 0.2) is 0 Å². The molecule has 0 aromatic carbocycles. The number of pyridine rings is 1. The normalized spacial score (nSPS) is 31.1. The van der Waals surface area contributed by atoms with E-state index in [4.69, 9.17) is 0 Å². The second-order valence-corrected chi connectivity index (χ2v) is 6.66. The lowest BCUT2D eigenvalue weighted by Crippen LogP contribution is -2.35. The van der Waals surface area contributed by atoms with E-state index in [0.717, 1.165) is 23.0 Å². The Bertz CT molecular complexity index is 499. The Morgan fingerprint density at radius 3 is 2.90 bits per heavy atom. The monoisotopic (exact) mass is 345 g/mol. The number of alkyl halides is 2. The van der Waals surface area contributed by atoms with Crippen molar-refractivity contribution in [3.63, 3.8) is 0 Å². The van der Waals surface area contributed by atoms with Gasteiger partial charge in [-0.25, -0.2) is 18.8 Å². The fourth-order valence-electron chi connectivity index (χ4n) is 3.33. The van der Waals surface area contributed by atoms with Crippen LogP contribution in [-0.4, -0.2) is 41.1 Å². The van der Waals surface area contributed by atoms with E-state index < -0.39 is 11.8 Å². The van der Waals surface area contributed by atoms with Crippen molar-refractivity contribution in [2.75, 3.05) is 19.6 Å². The Kier molecular flexibility index (Phi) is 3.81. The van der Waals surface area contributed by atoms with Crippen molar-refractivity contribution in [1.82, 2.24) is 15.0 Å². The first-order valence-corrected chi connectivity index (χ1v) is 7.75. The number of rotatable bonds is 3. The summed E-state index contributed by atoms with van der Waals surface area (Å²) in [7, 11) is 0. The molecule has 1 aromatic heterocycles. The van der Waals surface area contributed by atoms with Crippen molar-refractivity contribution in [3.05, 3.63) is 28.5 Å². The topological polar surface area (TPSA) is 19.4 Å². The molecule has 0 N–H and O–H groups in total. The molecule has 1 aromatic rings. The predicted octanol–water partition coefficient (Wildman–Crippen LogP) is 3.48. The number of hydrazine groups is 1. The van der Waals surface area contributed by atoms with E-state index in [9.17, 15) is 8.78 Å². The van der Waals surface area contributed by atoms with E-state index in [1.54, 1.807) is 6.20 Å². The number of hydrogen-bond donors (Lipinski definition) is 0. The lowest BCUT2D eigenvalue weighted by atomic mass is 9.85. The van der Waals surface area contributed by atoms with Gasteiger partial charge in [-0.1, -0.05) is 6.92 Å². The third kappa shape index (κ3) is 2.27. The molecule has 0 spiro atoms.